The number of benzene rings is 2. The quantitative estimate of drug-likeness (QED) is 0.780. The van der Waals surface area contributed by atoms with Crippen LogP contribution in [0.1, 0.15) is 35.6 Å². The van der Waals surface area contributed by atoms with Crippen molar-refractivity contribution in [3.8, 4) is 0 Å². The summed E-state index contributed by atoms with van der Waals surface area (Å²) in [5.74, 6) is 0. The maximum Gasteiger partial charge on any atom is 0.315 e. The first-order valence-electron chi connectivity index (χ1n) is 9.78. The largest absolute Gasteiger partial charge is 0.390 e. The van der Waals surface area contributed by atoms with Gasteiger partial charge >= 0.3 is 6.03 Å². The van der Waals surface area contributed by atoms with Crippen LogP contribution in [0.15, 0.2) is 54.6 Å². The molecule has 0 saturated carbocycles. The molecule has 1 saturated heterocycles. The smallest absolute Gasteiger partial charge is 0.315 e. The minimum absolute atomic E-state index is 0.183. The second-order valence-corrected chi connectivity index (χ2v) is 7.60. The van der Waals surface area contributed by atoms with E-state index >= 15 is 0 Å². The number of aliphatic hydroxyl groups is 1. The maximum atomic E-state index is 12.4. The molecule has 1 aliphatic heterocycles. The number of urea groups is 1. The topological polar surface area (TPSA) is 64.6 Å². The van der Waals surface area contributed by atoms with E-state index in [1.54, 1.807) is 0 Å². The number of likely N-dealkylation sites (tertiary alicyclic amines) is 1. The van der Waals surface area contributed by atoms with Gasteiger partial charge in [-0.15, -0.1) is 0 Å². The fourth-order valence-electron chi connectivity index (χ4n) is 4.19. The Hall–Kier alpha value is -2.37. The summed E-state index contributed by atoms with van der Waals surface area (Å²) in [6.07, 6.45) is 1.94. The van der Waals surface area contributed by atoms with Crippen LogP contribution >= 0.6 is 0 Å². The second-order valence-electron chi connectivity index (χ2n) is 7.60. The van der Waals surface area contributed by atoms with Gasteiger partial charge in [0.05, 0.1) is 12.1 Å². The third-order valence-corrected chi connectivity index (χ3v) is 5.66. The van der Waals surface area contributed by atoms with E-state index in [1.807, 2.05) is 30.3 Å². The highest BCUT2D eigenvalue weighted by Crippen LogP contribution is 2.31. The predicted octanol–water partition coefficient (Wildman–Crippen LogP) is 2.61. The van der Waals surface area contributed by atoms with Gasteiger partial charge in [0.2, 0.25) is 0 Å². The Morgan fingerprint density at radius 1 is 1.00 bits per heavy atom. The highest BCUT2D eigenvalue weighted by atomic mass is 16.3. The molecule has 1 heterocycles. The van der Waals surface area contributed by atoms with Crippen molar-refractivity contribution in [2.45, 2.75) is 44.0 Å². The fraction of sp³-hybridized carbons (Fsp3) is 0.409. The molecule has 2 aromatic carbocycles. The van der Waals surface area contributed by atoms with E-state index in [9.17, 15) is 9.90 Å². The molecule has 5 nitrogen and oxygen atoms in total. The van der Waals surface area contributed by atoms with E-state index in [0.29, 0.717) is 6.42 Å². The highest BCUT2D eigenvalue weighted by Gasteiger charge is 2.32. The minimum Gasteiger partial charge on any atom is -0.390 e. The Balaban J connectivity index is 1.25. The van der Waals surface area contributed by atoms with Crippen LogP contribution in [0.2, 0.25) is 0 Å². The van der Waals surface area contributed by atoms with Crippen molar-refractivity contribution in [2.75, 3.05) is 13.1 Å². The summed E-state index contributed by atoms with van der Waals surface area (Å²) in [7, 11) is 0. The fourth-order valence-corrected chi connectivity index (χ4v) is 4.19. The normalized spacial score (nSPS) is 23.0. The first-order valence-corrected chi connectivity index (χ1v) is 9.78. The third kappa shape index (κ3) is 4.31. The molecule has 4 rings (SSSR count). The van der Waals surface area contributed by atoms with Gasteiger partial charge in [-0.3, -0.25) is 4.90 Å². The lowest BCUT2D eigenvalue weighted by atomic mass is 10.0. The van der Waals surface area contributed by atoms with Crippen molar-refractivity contribution < 1.29 is 9.90 Å². The summed E-state index contributed by atoms with van der Waals surface area (Å²) in [5.41, 5.74) is 3.47. The lowest BCUT2D eigenvalue weighted by Crippen LogP contribution is -2.49. The third-order valence-electron chi connectivity index (χ3n) is 5.66. The molecule has 0 radical (unpaired) electrons. The molecule has 0 aromatic heterocycles. The van der Waals surface area contributed by atoms with E-state index in [-0.39, 0.29) is 18.1 Å². The molecule has 27 heavy (non-hydrogen) atoms. The van der Waals surface area contributed by atoms with Crippen molar-refractivity contribution in [1.82, 2.24) is 15.5 Å². The summed E-state index contributed by atoms with van der Waals surface area (Å²) < 4.78 is 0. The Morgan fingerprint density at radius 3 is 2.48 bits per heavy atom. The van der Waals surface area contributed by atoms with Gasteiger partial charge in [-0.05, 0) is 29.5 Å². The van der Waals surface area contributed by atoms with Crippen molar-refractivity contribution in [2.24, 2.45) is 0 Å². The molecule has 2 unspecified atom stereocenters. The number of aliphatic hydroxyl groups excluding tert-OH is 1. The summed E-state index contributed by atoms with van der Waals surface area (Å²) in [6, 6.07) is 18.1. The summed E-state index contributed by atoms with van der Waals surface area (Å²) in [4.78, 5) is 14.9. The number of hydrogen-bond acceptors (Lipinski definition) is 3. The lowest BCUT2D eigenvalue weighted by Gasteiger charge is -2.32. The number of amides is 2. The Kier molecular flexibility index (Phi) is 5.41. The number of fused-ring (bicyclic) bond motifs is 1. The predicted molar refractivity (Wildman–Crippen MR) is 105 cm³/mol. The molecule has 5 heteroatoms. The molecule has 3 N–H and O–H groups in total. The average molecular weight is 365 g/mol. The molecule has 1 fully saturated rings. The molecule has 0 bridgehead atoms. The summed E-state index contributed by atoms with van der Waals surface area (Å²) in [6.45, 7) is 2.92. The average Bonchev–Trinajstić information content (AvgIpc) is 2.99. The van der Waals surface area contributed by atoms with Crippen LogP contribution in [0, 0.1) is 0 Å². The number of nitrogens with one attached hydrogen (secondary N) is 2. The molecule has 1 aliphatic carbocycles. The van der Waals surface area contributed by atoms with Gasteiger partial charge in [0.25, 0.3) is 0 Å². The van der Waals surface area contributed by atoms with Crippen LogP contribution in [0.25, 0.3) is 0 Å². The number of carbonyl (C=O) groups excluding carboxylic acids is 1. The zero-order valence-corrected chi connectivity index (χ0v) is 15.5. The van der Waals surface area contributed by atoms with Crippen LogP contribution in [-0.2, 0) is 13.0 Å². The molecular formula is C22H27N3O2. The Bertz CT molecular complexity index is 772. The van der Waals surface area contributed by atoms with Gasteiger partial charge in [-0.2, -0.15) is 0 Å². The number of nitrogens with zero attached hydrogens (tertiary/aromatic N) is 1. The van der Waals surface area contributed by atoms with Crippen LogP contribution in [0.3, 0.4) is 0 Å². The van der Waals surface area contributed by atoms with Crippen LogP contribution in [-0.4, -0.2) is 41.3 Å². The summed E-state index contributed by atoms with van der Waals surface area (Å²) in [5, 5.41) is 16.4. The van der Waals surface area contributed by atoms with E-state index in [0.717, 1.165) is 43.6 Å². The summed E-state index contributed by atoms with van der Waals surface area (Å²) >= 11 is 0. The highest BCUT2D eigenvalue weighted by molar-refractivity contribution is 5.75. The van der Waals surface area contributed by atoms with E-state index < -0.39 is 6.10 Å². The van der Waals surface area contributed by atoms with E-state index in [2.05, 4.69) is 39.8 Å². The second kappa shape index (κ2) is 8.11. The number of piperidine rings is 1. The molecule has 0 spiro atoms. The van der Waals surface area contributed by atoms with E-state index in [4.69, 9.17) is 0 Å². The van der Waals surface area contributed by atoms with Crippen molar-refractivity contribution in [3.63, 3.8) is 0 Å². The molecular weight excluding hydrogens is 338 g/mol. The van der Waals surface area contributed by atoms with Crippen LogP contribution in [0.4, 0.5) is 4.79 Å². The molecule has 2 aromatic rings. The van der Waals surface area contributed by atoms with Gasteiger partial charge in [0.15, 0.2) is 0 Å². The van der Waals surface area contributed by atoms with Gasteiger partial charge < -0.3 is 15.7 Å². The SMILES string of the molecule is O=C(NC1CCN(Cc2ccccc2)CC1)NC1c2ccccc2CC1O. The van der Waals surface area contributed by atoms with Crippen LogP contribution < -0.4 is 10.6 Å². The zero-order valence-electron chi connectivity index (χ0n) is 15.5. The van der Waals surface area contributed by atoms with Crippen molar-refractivity contribution in [3.05, 3.63) is 71.3 Å². The lowest BCUT2D eigenvalue weighted by molar-refractivity contribution is 0.140. The Labute approximate surface area is 160 Å². The minimum atomic E-state index is -0.555. The van der Waals surface area contributed by atoms with Gasteiger partial charge in [0.1, 0.15) is 0 Å². The zero-order chi connectivity index (χ0) is 18.6. The monoisotopic (exact) mass is 365 g/mol. The number of hydrogen-bond donors (Lipinski definition) is 3. The first kappa shape index (κ1) is 18.0. The van der Waals surface area contributed by atoms with Gasteiger partial charge in [-0.1, -0.05) is 54.6 Å². The first-order chi connectivity index (χ1) is 13.2. The molecule has 142 valence electrons. The van der Waals surface area contributed by atoms with Gasteiger partial charge in [-0.25, -0.2) is 4.79 Å². The van der Waals surface area contributed by atoms with Crippen molar-refractivity contribution >= 4 is 6.03 Å². The standard InChI is InChI=1S/C22H27N3O2/c26-20-14-17-8-4-5-9-19(17)21(20)24-22(27)23-18-10-12-25(13-11-18)15-16-6-2-1-3-7-16/h1-9,18,20-21,26H,10-15H2,(H2,23,24,27). The molecule has 2 amide bonds. The Morgan fingerprint density at radius 2 is 1.70 bits per heavy atom. The molecule has 2 aliphatic rings. The van der Waals surface area contributed by atoms with Crippen molar-refractivity contribution in [1.29, 1.82) is 0 Å². The number of carbonyl (C=O) groups is 1. The molecule has 2 atom stereocenters. The number of rotatable bonds is 4. The van der Waals surface area contributed by atoms with E-state index in [1.165, 1.54) is 5.56 Å². The van der Waals surface area contributed by atoms with Gasteiger partial charge in [0, 0.05) is 32.1 Å². The van der Waals surface area contributed by atoms with Crippen LogP contribution in [0.5, 0.6) is 0 Å². The maximum absolute atomic E-state index is 12.4.